The Morgan fingerprint density at radius 3 is 0.754 bits per heavy atom. The fraction of sp³-hybridized carbons (Fsp3) is 0.0568. The summed E-state index contributed by atoms with van der Waals surface area (Å²) in [6, 6.07) is 105. The van der Waals surface area contributed by atoms with Gasteiger partial charge in [-0.1, -0.05) is 194 Å². The SMILES string of the molecule is CCc1ccccc1Nc1nc(Nc2ccccc2)nc(Nc2ccccc2)n1.CSc1cccc(Nc2nc(Nc3ccccc3)nc(Nc3ccccc3)n2)c1.Cc1ccc(Nc2nc(Nc3ccccc3)nc(Nc3ccccc3)n2)c(C)c1.c1ccc(Nc2nc(Nc3ccccc3)nc(Nc3ccncc3)n2)cc1. The number of rotatable bonds is 26. The van der Waals surface area contributed by atoms with Crippen LogP contribution in [0.4, 0.5) is 140 Å². The maximum atomic E-state index is 4.56. The van der Waals surface area contributed by atoms with Gasteiger partial charge in [-0.3, -0.25) is 4.98 Å². The predicted molar refractivity (Wildman–Crippen MR) is 464 cm³/mol. The fourth-order valence-electron chi connectivity index (χ4n) is 10.9. The number of hydrogen-bond acceptors (Lipinski definition) is 26. The van der Waals surface area contributed by atoms with Crippen LogP contribution in [0.25, 0.3) is 0 Å². The smallest absolute Gasteiger partial charge is 0.233 e. The molecule has 0 amide bonds. The molecule has 5 aromatic heterocycles. The highest BCUT2D eigenvalue weighted by atomic mass is 32.2. The van der Waals surface area contributed by atoms with Gasteiger partial charge in [0.1, 0.15) is 0 Å². The summed E-state index contributed by atoms with van der Waals surface area (Å²) in [6.45, 7) is 6.25. The minimum absolute atomic E-state index is 0.424. The van der Waals surface area contributed by atoms with Crippen LogP contribution in [0.3, 0.4) is 0 Å². The first-order valence-electron chi connectivity index (χ1n) is 36.5. The van der Waals surface area contributed by atoms with Crippen LogP contribution in [0.15, 0.2) is 339 Å². The number of aryl methyl sites for hydroxylation is 3. The summed E-state index contributed by atoms with van der Waals surface area (Å²) in [6.07, 6.45) is 6.37. The molecule has 5 heterocycles. The molecule has 0 saturated heterocycles. The lowest BCUT2D eigenvalue weighted by Crippen LogP contribution is -2.08. The molecule has 0 unspecified atom stereocenters. The van der Waals surface area contributed by atoms with Crippen LogP contribution in [-0.2, 0) is 6.42 Å². The van der Waals surface area contributed by atoms with E-state index in [2.05, 4.69) is 180 Å². The Hall–Kier alpha value is -15.4. The van der Waals surface area contributed by atoms with Gasteiger partial charge in [-0.15, -0.1) is 11.8 Å². The maximum absolute atomic E-state index is 4.56. The summed E-state index contributed by atoms with van der Waals surface area (Å²) in [5.41, 5.74) is 14.4. The lowest BCUT2D eigenvalue weighted by molar-refractivity contribution is 1.06. The molecule has 0 aliphatic carbocycles. The van der Waals surface area contributed by atoms with E-state index >= 15 is 0 Å². The summed E-state index contributed by atoms with van der Waals surface area (Å²) in [4.78, 5) is 59.4. The molecule has 0 radical (unpaired) electrons. The van der Waals surface area contributed by atoms with Gasteiger partial charge < -0.3 is 63.8 Å². The van der Waals surface area contributed by atoms with E-state index in [1.165, 1.54) is 11.1 Å². The van der Waals surface area contributed by atoms with Crippen molar-refractivity contribution in [3.63, 3.8) is 0 Å². The number of nitrogens with one attached hydrogen (secondary N) is 12. The van der Waals surface area contributed by atoms with Crippen LogP contribution in [0.5, 0.6) is 0 Å². The summed E-state index contributed by atoms with van der Waals surface area (Å²) in [7, 11) is 0. The van der Waals surface area contributed by atoms with Crippen LogP contribution in [-0.4, -0.2) is 71.0 Å². The van der Waals surface area contributed by atoms with E-state index in [1.54, 1.807) is 24.2 Å². The first-order valence-corrected chi connectivity index (χ1v) is 37.7. The fourth-order valence-corrected chi connectivity index (χ4v) is 11.4. The first kappa shape index (κ1) is 76.7. The lowest BCUT2D eigenvalue weighted by Gasteiger charge is -2.13. The van der Waals surface area contributed by atoms with Gasteiger partial charge in [-0.25, -0.2) is 0 Å². The normalized spacial score (nSPS) is 10.4. The van der Waals surface area contributed by atoms with Gasteiger partial charge in [0.15, 0.2) is 0 Å². The van der Waals surface area contributed by atoms with Gasteiger partial charge in [-0.05, 0) is 177 Å². The number of para-hydroxylation sites is 9. The van der Waals surface area contributed by atoms with Gasteiger partial charge in [0, 0.05) is 85.5 Å². The van der Waals surface area contributed by atoms with Crippen LogP contribution in [0, 0.1) is 13.8 Å². The van der Waals surface area contributed by atoms with Crippen molar-refractivity contribution in [2.75, 3.05) is 70.1 Å². The minimum atomic E-state index is 0.424. The monoisotopic (exact) mass is 1520 g/mol. The molecule has 0 aliphatic rings. The second-order valence-corrected chi connectivity index (χ2v) is 25.8. The van der Waals surface area contributed by atoms with Crippen molar-refractivity contribution in [1.82, 2.24) is 64.8 Å². The number of pyridine rings is 1. The highest BCUT2D eigenvalue weighted by Gasteiger charge is 2.15. The highest BCUT2D eigenvalue weighted by Crippen LogP contribution is 2.29. The Balaban J connectivity index is 0.000000133. The van der Waals surface area contributed by atoms with Gasteiger partial charge in [0.05, 0.1) is 0 Å². The van der Waals surface area contributed by atoms with Crippen molar-refractivity contribution in [3.05, 3.63) is 351 Å². The van der Waals surface area contributed by atoms with Crippen LogP contribution in [0.2, 0.25) is 0 Å². The van der Waals surface area contributed by atoms with E-state index < -0.39 is 0 Å². The highest BCUT2D eigenvalue weighted by molar-refractivity contribution is 7.98. The molecule has 114 heavy (non-hydrogen) atoms. The molecule has 12 N–H and O–H groups in total. The molecule has 0 bridgehead atoms. The Bertz CT molecular complexity index is 5310. The second-order valence-electron chi connectivity index (χ2n) is 25.0. The summed E-state index contributed by atoms with van der Waals surface area (Å²) < 4.78 is 0. The molecule has 0 atom stereocenters. The molecule has 0 aliphatic heterocycles. The third-order valence-electron chi connectivity index (χ3n) is 16.3. The maximum Gasteiger partial charge on any atom is 0.233 e. The van der Waals surface area contributed by atoms with E-state index in [1.807, 2.05) is 297 Å². The number of thioether (sulfide) groups is 1. The largest absolute Gasteiger partial charge is 0.324 e. The van der Waals surface area contributed by atoms with Crippen molar-refractivity contribution in [2.24, 2.45) is 0 Å². The molecule has 0 saturated carbocycles. The predicted octanol–water partition coefficient (Wildman–Crippen LogP) is 21.7. The molecule has 0 spiro atoms. The molecule has 564 valence electrons. The summed E-state index contributed by atoms with van der Waals surface area (Å²) in [5.74, 6) is 5.42. The molecular formula is C88H81N25S. The van der Waals surface area contributed by atoms with Gasteiger partial charge >= 0.3 is 0 Å². The van der Waals surface area contributed by atoms with Crippen molar-refractivity contribution >= 4 is 151 Å². The van der Waals surface area contributed by atoms with Crippen molar-refractivity contribution < 1.29 is 0 Å². The average molecular weight is 1520 g/mol. The van der Waals surface area contributed by atoms with Crippen LogP contribution >= 0.6 is 11.8 Å². The number of hydrogen-bond donors (Lipinski definition) is 12. The van der Waals surface area contributed by atoms with Crippen LogP contribution in [0.1, 0.15) is 23.6 Å². The number of nitrogens with zero attached hydrogens (tertiary/aromatic N) is 13. The van der Waals surface area contributed by atoms with E-state index in [4.69, 9.17) is 0 Å². The van der Waals surface area contributed by atoms with Gasteiger partial charge in [0.2, 0.25) is 71.4 Å². The van der Waals surface area contributed by atoms with E-state index in [0.29, 0.717) is 71.4 Å². The number of anilines is 24. The summed E-state index contributed by atoms with van der Waals surface area (Å²) in [5, 5.41) is 38.9. The average Bonchev–Trinajstić information content (AvgIpc) is 0.842. The first-order chi connectivity index (χ1) is 56.1. The van der Waals surface area contributed by atoms with Crippen molar-refractivity contribution in [3.8, 4) is 0 Å². The Morgan fingerprint density at radius 2 is 0.474 bits per heavy atom. The third kappa shape index (κ3) is 24.3. The number of aromatic nitrogens is 13. The quantitative estimate of drug-likeness (QED) is 0.0224. The van der Waals surface area contributed by atoms with Gasteiger partial charge in [-0.2, -0.15) is 59.8 Å². The standard InChI is InChI=1S/2C23H22N6.C22H20N6S.C20H17N7/c1-16-13-14-20(17(2)15-16)26-23-28-21(24-18-9-5-3-6-10-18)27-22(29-23)25-19-11-7-4-8-12-19;1-2-17-11-9-10-16-20(17)26-23-28-21(24-18-12-5-3-6-13-18)27-22(29-23)25-19-14-7-4-8-15-19;1-29-19-14-8-13-18(15-19)25-22-27-20(23-16-9-4-2-5-10-16)26-21(28-22)24-17-11-6-3-7-12-17;1-3-7-15(8-4-1)22-18-25-19(23-16-9-5-2-6-10-16)27-20(26-18)24-17-11-13-21-14-12-17/h3-15H,1-2H3,(H3,24,25,26,27,28,29);3-16H,2H2,1H3,(H3,24,25,26,27,28,29);2-15H,1H3,(H3,23,24,25,26,27,28);1-14H,(H3,21,22,23,24,25,26,27). The Labute approximate surface area is 665 Å². The molecular weight excluding hydrogens is 1440 g/mol. The van der Waals surface area contributed by atoms with Crippen LogP contribution < -0.4 is 63.8 Å². The second kappa shape index (κ2) is 40.1. The summed E-state index contributed by atoms with van der Waals surface area (Å²) >= 11 is 1.69. The molecule has 11 aromatic carbocycles. The molecule has 16 rings (SSSR count). The van der Waals surface area contributed by atoms with Crippen molar-refractivity contribution in [2.45, 2.75) is 32.1 Å². The zero-order valence-corrected chi connectivity index (χ0v) is 63.5. The topological polar surface area (TPSA) is 312 Å². The van der Waals surface area contributed by atoms with E-state index in [9.17, 15) is 0 Å². The van der Waals surface area contributed by atoms with Crippen molar-refractivity contribution in [1.29, 1.82) is 0 Å². The molecule has 0 fully saturated rings. The zero-order chi connectivity index (χ0) is 78.1. The Morgan fingerprint density at radius 1 is 0.228 bits per heavy atom. The van der Waals surface area contributed by atoms with Gasteiger partial charge in [0.25, 0.3) is 0 Å². The zero-order valence-electron chi connectivity index (χ0n) is 62.7. The molecule has 25 nitrogen and oxygen atoms in total. The lowest BCUT2D eigenvalue weighted by atomic mass is 10.1. The Kier molecular flexibility index (Phi) is 27.0. The van der Waals surface area contributed by atoms with E-state index in [0.717, 1.165) is 85.1 Å². The minimum Gasteiger partial charge on any atom is -0.324 e. The van der Waals surface area contributed by atoms with E-state index in [-0.39, 0.29) is 0 Å². The third-order valence-corrected chi connectivity index (χ3v) is 17.0. The number of benzene rings is 11. The molecule has 26 heteroatoms. The molecule has 16 aromatic rings.